The van der Waals surface area contributed by atoms with E-state index >= 15 is 0 Å². The number of ether oxygens (including phenoxy) is 1. The average Bonchev–Trinajstić information content (AvgIpc) is 2.90. The van der Waals surface area contributed by atoms with E-state index in [2.05, 4.69) is 16.2 Å². The zero-order valence-electron chi connectivity index (χ0n) is 10.2. The Kier molecular flexibility index (Phi) is 2.62. The average molecular weight is 250 g/mol. The summed E-state index contributed by atoms with van der Waals surface area (Å²) in [5, 5.41) is 13.2. The second-order valence-electron chi connectivity index (χ2n) is 4.00. The molecular weight excluding hydrogens is 240 g/mol. The monoisotopic (exact) mass is 250 g/mol. The molecule has 92 valence electrons. The Morgan fingerprint density at radius 1 is 1.26 bits per heavy atom. The number of hydrogen-bond acceptors (Lipinski definition) is 4. The normalized spacial score (nSPS) is 10.3. The van der Waals surface area contributed by atoms with Crippen LogP contribution in [-0.2, 0) is 0 Å². The first kappa shape index (κ1) is 11.2. The van der Waals surface area contributed by atoms with Crippen molar-refractivity contribution in [1.82, 2.24) is 14.6 Å². The largest absolute Gasteiger partial charge is 0.497 e. The predicted molar refractivity (Wildman–Crippen MR) is 69.7 cm³/mol. The van der Waals surface area contributed by atoms with Crippen LogP contribution in [0.4, 0.5) is 0 Å². The maximum absolute atomic E-state index is 8.86. The number of aromatic nitrogens is 3. The summed E-state index contributed by atoms with van der Waals surface area (Å²) in [6, 6.07) is 13.1. The zero-order chi connectivity index (χ0) is 13.2. The maximum atomic E-state index is 8.86. The molecule has 0 bridgehead atoms. The Morgan fingerprint density at radius 2 is 2.16 bits per heavy atom. The number of rotatable bonds is 2. The van der Waals surface area contributed by atoms with Crippen molar-refractivity contribution in [2.24, 2.45) is 0 Å². The minimum Gasteiger partial charge on any atom is -0.497 e. The summed E-state index contributed by atoms with van der Waals surface area (Å²) in [4.78, 5) is 4.42. The molecule has 0 aliphatic carbocycles. The van der Waals surface area contributed by atoms with Gasteiger partial charge in [0, 0.05) is 11.8 Å². The first-order chi connectivity index (χ1) is 9.30. The second kappa shape index (κ2) is 4.42. The smallest absolute Gasteiger partial charge is 0.182 e. The third-order valence-electron chi connectivity index (χ3n) is 2.79. The summed E-state index contributed by atoms with van der Waals surface area (Å²) in [5.41, 5.74) is 2.13. The highest BCUT2D eigenvalue weighted by molar-refractivity contribution is 5.60. The minimum atomic E-state index is 0.551. The van der Waals surface area contributed by atoms with Gasteiger partial charge >= 0.3 is 0 Å². The lowest BCUT2D eigenvalue weighted by atomic mass is 10.2. The third kappa shape index (κ3) is 2.00. The molecule has 0 radical (unpaired) electrons. The first-order valence-electron chi connectivity index (χ1n) is 5.71. The van der Waals surface area contributed by atoms with Crippen molar-refractivity contribution < 1.29 is 4.74 Å². The van der Waals surface area contributed by atoms with Gasteiger partial charge in [0.1, 0.15) is 11.8 Å². The molecule has 2 aromatic heterocycles. The number of hydrogen-bond donors (Lipinski definition) is 0. The molecule has 0 aliphatic rings. The topological polar surface area (TPSA) is 63.2 Å². The van der Waals surface area contributed by atoms with Gasteiger partial charge in [0.05, 0.1) is 12.7 Å². The quantitative estimate of drug-likeness (QED) is 0.700. The summed E-state index contributed by atoms with van der Waals surface area (Å²) in [6.07, 6.45) is 1.66. The SMILES string of the molecule is COc1cccc(-c2nc3ccc(C#N)cn3n2)c1. The summed E-state index contributed by atoms with van der Waals surface area (Å²) in [6.45, 7) is 0. The Bertz CT molecular complexity index is 785. The van der Waals surface area contributed by atoms with Gasteiger partial charge in [-0.1, -0.05) is 12.1 Å². The molecule has 0 spiro atoms. The second-order valence-corrected chi connectivity index (χ2v) is 4.00. The molecule has 0 N–H and O–H groups in total. The van der Waals surface area contributed by atoms with Crippen LogP contribution in [-0.4, -0.2) is 21.7 Å². The molecule has 19 heavy (non-hydrogen) atoms. The van der Waals surface area contributed by atoms with Gasteiger partial charge in [-0.05, 0) is 24.3 Å². The molecule has 1 aromatic carbocycles. The lowest BCUT2D eigenvalue weighted by Crippen LogP contribution is -1.88. The molecule has 0 saturated heterocycles. The Labute approximate surface area is 109 Å². The van der Waals surface area contributed by atoms with Gasteiger partial charge in [-0.2, -0.15) is 5.26 Å². The van der Waals surface area contributed by atoms with Crippen LogP contribution in [0.2, 0.25) is 0 Å². The van der Waals surface area contributed by atoms with E-state index in [1.165, 1.54) is 0 Å². The van der Waals surface area contributed by atoms with Crippen LogP contribution in [0.5, 0.6) is 5.75 Å². The van der Waals surface area contributed by atoms with Gasteiger partial charge in [-0.25, -0.2) is 9.50 Å². The van der Waals surface area contributed by atoms with Crippen molar-refractivity contribution in [1.29, 1.82) is 5.26 Å². The van der Waals surface area contributed by atoms with Crippen molar-refractivity contribution in [3.63, 3.8) is 0 Å². The fourth-order valence-electron chi connectivity index (χ4n) is 1.83. The Hall–Kier alpha value is -2.87. The van der Waals surface area contributed by atoms with E-state index in [4.69, 9.17) is 10.00 Å². The van der Waals surface area contributed by atoms with E-state index < -0.39 is 0 Å². The molecule has 3 rings (SSSR count). The number of fused-ring (bicyclic) bond motifs is 1. The molecule has 5 heteroatoms. The Balaban J connectivity index is 2.12. The number of benzene rings is 1. The van der Waals surface area contributed by atoms with Crippen LogP contribution in [0.1, 0.15) is 5.56 Å². The first-order valence-corrected chi connectivity index (χ1v) is 5.71. The predicted octanol–water partition coefficient (Wildman–Crippen LogP) is 2.28. The van der Waals surface area contributed by atoms with E-state index in [1.54, 1.807) is 30.0 Å². The molecule has 0 unspecified atom stereocenters. The fraction of sp³-hybridized carbons (Fsp3) is 0.0714. The van der Waals surface area contributed by atoms with E-state index in [9.17, 15) is 0 Å². The zero-order valence-corrected chi connectivity index (χ0v) is 10.2. The van der Waals surface area contributed by atoms with Gasteiger partial charge in [0.25, 0.3) is 0 Å². The standard InChI is InChI=1S/C14H10N4O/c1-19-12-4-2-3-11(7-12)14-16-13-6-5-10(8-15)9-18(13)17-14/h2-7,9H,1H3. The highest BCUT2D eigenvalue weighted by atomic mass is 16.5. The molecule has 3 aromatic rings. The lowest BCUT2D eigenvalue weighted by Gasteiger charge is -2.00. The molecule has 0 fully saturated rings. The van der Waals surface area contributed by atoms with Gasteiger partial charge in [0.15, 0.2) is 11.5 Å². The molecule has 0 aliphatic heterocycles. The van der Waals surface area contributed by atoms with E-state index in [-0.39, 0.29) is 0 Å². The summed E-state index contributed by atoms with van der Waals surface area (Å²) in [7, 11) is 1.62. The summed E-state index contributed by atoms with van der Waals surface area (Å²) in [5.74, 6) is 1.36. The van der Waals surface area contributed by atoms with Gasteiger partial charge in [-0.3, -0.25) is 0 Å². The van der Waals surface area contributed by atoms with Crippen LogP contribution >= 0.6 is 0 Å². The Morgan fingerprint density at radius 3 is 2.95 bits per heavy atom. The van der Waals surface area contributed by atoms with Crippen LogP contribution < -0.4 is 4.74 Å². The summed E-state index contributed by atoms with van der Waals surface area (Å²) >= 11 is 0. The molecule has 0 saturated carbocycles. The van der Waals surface area contributed by atoms with Crippen molar-refractivity contribution in [2.75, 3.05) is 7.11 Å². The van der Waals surface area contributed by atoms with Crippen LogP contribution in [0.25, 0.3) is 17.0 Å². The number of nitriles is 1. The minimum absolute atomic E-state index is 0.551. The van der Waals surface area contributed by atoms with Crippen LogP contribution in [0.3, 0.4) is 0 Å². The van der Waals surface area contributed by atoms with E-state index in [0.29, 0.717) is 17.0 Å². The number of pyridine rings is 1. The van der Waals surface area contributed by atoms with Gasteiger partial charge in [0.2, 0.25) is 0 Å². The van der Waals surface area contributed by atoms with Crippen LogP contribution in [0.15, 0.2) is 42.6 Å². The fourth-order valence-corrected chi connectivity index (χ4v) is 1.83. The van der Waals surface area contributed by atoms with Crippen molar-refractivity contribution in [2.45, 2.75) is 0 Å². The molecule has 2 heterocycles. The number of nitrogens with zero attached hydrogens (tertiary/aromatic N) is 4. The van der Waals surface area contributed by atoms with Gasteiger partial charge < -0.3 is 4.74 Å². The maximum Gasteiger partial charge on any atom is 0.182 e. The molecule has 0 amide bonds. The molecular formula is C14H10N4O. The van der Waals surface area contributed by atoms with E-state index in [0.717, 1.165) is 11.3 Å². The summed E-state index contributed by atoms with van der Waals surface area (Å²) < 4.78 is 6.79. The van der Waals surface area contributed by atoms with Crippen molar-refractivity contribution in [3.05, 3.63) is 48.2 Å². The highest BCUT2D eigenvalue weighted by Gasteiger charge is 2.07. The molecule has 5 nitrogen and oxygen atoms in total. The number of methoxy groups -OCH3 is 1. The highest BCUT2D eigenvalue weighted by Crippen LogP contribution is 2.21. The third-order valence-corrected chi connectivity index (χ3v) is 2.79. The van der Waals surface area contributed by atoms with Crippen molar-refractivity contribution >= 4 is 5.65 Å². The lowest BCUT2D eigenvalue weighted by molar-refractivity contribution is 0.415. The molecule has 0 atom stereocenters. The van der Waals surface area contributed by atoms with E-state index in [1.807, 2.05) is 24.3 Å². The van der Waals surface area contributed by atoms with Crippen LogP contribution in [0, 0.1) is 11.3 Å². The van der Waals surface area contributed by atoms with Gasteiger partial charge in [-0.15, -0.1) is 5.10 Å². The van der Waals surface area contributed by atoms with Crippen molar-refractivity contribution in [3.8, 4) is 23.2 Å².